The Hall–Kier alpha value is -1.18. The van der Waals surface area contributed by atoms with E-state index in [4.69, 9.17) is 0 Å². The normalized spacial score (nSPS) is 10.2. The Morgan fingerprint density at radius 1 is 1.25 bits per heavy atom. The zero-order valence-corrected chi connectivity index (χ0v) is 11.5. The van der Waals surface area contributed by atoms with Gasteiger partial charge in [0.2, 0.25) is 0 Å². The molecule has 2 nitrogen and oxygen atoms in total. The van der Waals surface area contributed by atoms with E-state index in [2.05, 4.69) is 36.1 Å². The number of nitrogens with one attached hydrogen (secondary N) is 1. The number of amides is 1. The van der Waals surface area contributed by atoms with Gasteiger partial charge in [-0.05, 0) is 17.4 Å². The molecule has 1 aromatic rings. The molecule has 1 aromatic carbocycles. The fraction of sp³-hybridized carbons (Fsp3) is 0.250. The maximum Gasteiger partial charge on any atom is 0.301 e. The van der Waals surface area contributed by atoms with Crippen LogP contribution in [0.15, 0.2) is 30.3 Å². The Bertz CT molecular complexity index is 414. The van der Waals surface area contributed by atoms with Gasteiger partial charge in [0, 0.05) is 11.6 Å². The zero-order chi connectivity index (χ0) is 12.0. The monoisotopic (exact) mass is 249 g/mol. The van der Waals surface area contributed by atoms with Crippen LogP contribution in [0.25, 0.3) is 0 Å². The van der Waals surface area contributed by atoms with Crippen molar-refractivity contribution < 1.29 is 4.79 Å². The third-order valence-electron chi connectivity index (χ3n) is 1.55. The summed E-state index contributed by atoms with van der Waals surface area (Å²) in [5.41, 5.74) is 0.778. The first-order chi connectivity index (χ1) is 7.47. The number of carbonyl (C=O) groups is 1. The first-order valence-corrected chi connectivity index (χ1v) is 10.1. The topological polar surface area (TPSA) is 29.1 Å². The number of para-hydroxylation sites is 1. The molecule has 84 valence electrons. The Balaban J connectivity index is 2.49. The van der Waals surface area contributed by atoms with Crippen LogP contribution in [0.1, 0.15) is 0 Å². The van der Waals surface area contributed by atoms with E-state index < -0.39 is 7.22 Å². The van der Waals surface area contributed by atoms with Gasteiger partial charge in [-0.15, -0.1) is 11.2 Å². The molecule has 0 bridgehead atoms. The average Bonchev–Trinajstić information content (AvgIpc) is 2.17. The molecule has 16 heavy (non-hydrogen) atoms. The molecule has 4 heteroatoms. The summed E-state index contributed by atoms with van der Waals surface area (Å²) in [5, 5.41) is 5.58. The molecule has 0 atom stereocenters. The lowest BCUT2D eigenvalue weighted by Crippen LogP contribution is -2.13. The molecule has 0 heterocycles. The molecule has 0 unspecified atom stereocenters. The number of carbonyl (C=O) groups excluding carboxylic acids is 1. The predicted molar refractivity (Wildman–Crippen MR) is 73.8 cm³/mol. The summed E-state index contributed by atoms with van der Waals surface area (Å²) in [5.74, 6) is 2.33. The van der Waals surface area contributed by atoms with E-state index in [9.17, 15) is 4.79 Å². The number of rotatable bonds is 2. The molecule has 0 saturated carbocycles. The summed E-state index contributed by atoms with van der Waals surface area (Å²) in [6.45, 7) is 6.59. The second-order valence-corrected chi connectivity index (χ2v) is 13.2. The van der Waals surface area contributed by atoms with Crippen molar-refractivity contribution >= 4 is 30.0 Å². The van der Waals surface area contributed by atoms with Gasteiger partial charge >= 0.3 is 5.91 Å². The van der Waals surface area contributed by atoms with Crippen molar-refractivity contribution in [2.45, 2.75) is 19.6 Å². The first-order valence-electron chi connectivity index (χ1n) is 5.02. The van der Waals surface area contributed by atoms with E-state index >= 15 is 0 Å². The first kappa shape index (κ1) is 12.9. The van der Waals surface area contributed by atoms with Crippen molar-refractivity contribution in [3.8, 4) is 11.2 Å². The van der Waals surface area contributed by atoms with Crippen LogP contribution in [0.5, 0.6) is 0 Å². The highest BCUT2D eigenvalue weighted by atomic mass is 32.4. The van der Waals surface area contributed by atoms with Gasteiger partial charge in [0.25, 0.3) is 0 Å². The smallest absolute Gasteiger partial charge is 0.301 e. The molecule has 0 aliphatic heterocycles. The van der Waals surface area contributed by atoms with E-state index in [1.54, 1.807) is 11.2 Å². The van der Waals surface area contributed by atoms with Gasteiger partial charge in [0.05, 0.1) is 0 Å². The summed E-state index contributed by atoms with van der Waals surface area (Å²) in [6.07, 6.45) is 0. The van der Waals surface area contributed by atoms with E-state index in [1.165, 1.54) is 0 Å². The van der Waals surface area contributed by atoms with E-state index in [0.717, 1.165) is 5.69 Å². The maximum absolute atomic E-state index is 11.4. The lowest BCUT2D eigenvalue weighted by Gasteiger charge is -2.07. The Kier molecular flexibility index (Phi) is 4.65. The van der Waals surface area contributed by atoms with Gasteiger partial charge in [0.1, 0.15) is 7.22 Å². The van der Waals surface area contributed by atoms with Crippen molar-refractivity contribution in [1.29, 1.82) is 0 Å². The fourth-order valence-corrected chi connectivity index (χ4v) is 2.43. The Morgan fingerprint density at radius 2 is 1.88 bits per heavy atom. The van der Waals surface area contributed by atoms with Crippen LogP contribution in [0.2, 0.25) is 19.6 Å². The quantitative estimate of drug-likeness (QED) is 0.644. The number of anilines is 1. The van der Waals surface area contributed by atoms with Crippen molar-refractivity contribution in [2.24, 2.45) is 0 Å². The summed E-state index contributed by atoms with van der Waals surface area (Å²) < 4.78 is 0. The molecule has 0 aromatic heterocycles. The SMILES string of the molecule is C[Si](C)(C)SC#CC(=O)Nc1ccccc1. The molecule has 0 aliphatic carbocycles. The number of hydrogen-bond acceptors (Lipinski definition) is 2. The molecule has 1 amide bonds. The summed E-state index contributed by atoms with van der Waals surface area (Å²) in [7, 11) is -1.25. The molecule has 0 saturated heterocycles. The van der Waals surface area contributed by atoms with Crippen LogP contribution in [-0.2, 0) is 4.79 Å². The molecule has 1 rings (SSSR count). The summed E-state index contributed by atoms with van der Waals surface area (Å²) >= 11 is 1.59. The van der Waals surface area contributed by atoms with Crippen molar-refractivity contribution in [2.75, 3.05) is 5.32 Å². The molecule has 0 spiro atoms. The lowest BCUT2D eigenvalue weighted by molar-refractivity contribution is -0.111. The van der Waals surface area contributed by atoms with Gasteiger partial charge in [-0.2, -0.15) is 0 Å². The van der Waals surface area contributed by atoms with Crippen molar-refractivity contribution in [1.82, 2.24) is 0 Å². The average molecular weight is 249 g/mol. The highest BCUT2D eigenvalue weighted by Gasteiger charge is 2.11. The lowest BCUT2D eigenvalue weighted by atomic mass is 10.3. The van der Waals surface area contributed by atoms with Gasteiger partial charge in [-0.1, -0.05) is 37.8 Å². The molecule has 0 radical (unpaired) electrons. The molecule has 1 N–H and O–H groups in total. The van der Waals surface area contributed by atoms with Crippen LogP contribution < -0.4 is 5.32 Å². The largest absolute Gasteiger partial charge is 0.315 e. The minimum absolute atomic E-state index is 0.253. The van der Waals surface area contributed by atoms with Gasteiger partial charge in [-0.3, -0.25) is 4.79 Å². The fourth-order valence-electron chi connectivity index (χ4n) is 0.909. The molecular formula is C12H15NOSSi. The van der Waals surface area contributed by atoms with Crippen molar-refractivity contribution in [3.05, 3.63) is 30.3 Å². The van der Waals surface area contributed by atoms with Crippen LogP contribution >= 0.6 is 11.2 Å². The third kappa shape index (κ3) is 5.64. The zero-order valence-electron chi connectivity index (χ0n) is 9.70. The standard InChI is InChI=1S/C12H15NOSSi/c1-16(2,3)15-10-9-12(14)13-11-7-5-4-6-8-11/h4-8H,1-3H3,(H,13,14). The minimum atomic E-state index is -1.25. The minimum Gasteiger partial charge on any atom is -0.315 e. The predicted octanol–water partition coefficient (Wildman–Crippen LogP) is 3.15. The molecular weight excluding hydrogens is 234 g/mol. The second-order valence-electron chi connectivity index (χ2n) is 4.26. The Morgan fingerprint density at radius 3 is 2.44 bits per heavy atom. The Labute approximate surface area is 101 Å². The maximum atomic E-state index is 11.4. The van der Waals surface area contributed by atoms with Crippen LogP contribution in [0.4, 0.5) is 5.69 Å². The van der Waals surface area contributed by atoms with E-state index in [1.807, 2.05) is 30.3 Å². The van der Waals surface area contributed by atoms with E-state index in [0.29, 0.717) is 0 Å². The van der Waals surface area contributed by atoms with Gasteiger partial charge in [-0.25, -0.2) is 0 Å². The van der Waals surface area contributed by atoms with Crippen LogP contribution in [0.3, 0.4) is 0 Å². The number of hydrogen-bond donors (Lipinski definition) is 1. The van der Waals surface area contributed by atoms with Gasteiger partial charge < -0.3 is 5.32 Å². The summed E-state index contributed by atoms with van der Waals surface area (Å²) in [6, 6.07) is 9.33. The number of benzene rings is 1. The highest BCUT2D eigenvalue weighted by molar-refractivity contribution is 8.32. The molecule has 0 aliphatic rings. The van der Waals surface area contributed by atoms with E-state index in [-0.39, 0.29) is 5.91 Å². The second kappa shape index (κ2) is 5.78. The third-order valence-corrected chi connectivity index (χ3v) is 4.51. The summed E-state index contributed by atoms with van der Waals surface area (Å²) in [4.78, 5) is 11.4. The van der Waals surface area contributed by atoms with Crippen molar-refractivity contribution in [3.63, 3.8) is 0 Å². The highest BCUT2D eigenvalue weighted by Crippen LogP contribution is 2.17. The molecule has 0 fully saturated rings. The van der Waals surface area contributed by atoms with Gasteiger partial charge in [0.15, 0.2) is 0 Å². The van der Waals surface area contributed by atoms with Crippen LogP contribution in [-0.4, -0.2) is 13.1 Å². The van der Waals surface area contributed by atoms with Crippen LogP contribution in [0, 0.1) is 11.2 Å².